The molecule has 0 spiro atoms. The van der Waals surface area contributed by atoms with Gasteiger partial charge in [0.2, 0.25) is 5.91 Å². The second-order valence-electron chi connectivity index (χ2n) is 3.45. The molecule has 1 aliphatic rings. The number of hydrogen-bond donors (Lipinski definition) is 2. The number of aliphatic hydroxyl groups is 1. The van der Waals surface area contributed by atoms with Gasteiger partial charge in [-0.05, 0) is 18.8 Å². The van der Waals surface area contributed by atoms with Crippen molar-refractivity contribution in [3.05, 3.63) is 12.2 Å². The molecular weight excluding hydrogens is 154 g/mol. The van der Waals surface area contributed by atoms with Crippen molar-refractivity contribution in [1.82, 2.24) is 0 Å². The molecule has 0 bridgehead atoms. The minimum atomic E-state index is -1.01. The molecule has 68 valence electrons. The standard InChI is InChI=1S/C9H15NO2/c1-6-2-4-7(5-3-6)8(11)9(10)12/h2,4,6-8,11H,3,5H2,1H3,(H2,10,12). The quantitative estimate of drug-likeness (QED) is 0.589. The summed E-state index contributed by atoms with van der Waals surface area (Å²) in [7, 11) is 0. The average Bonchev–Trinajstić information content (AvgIpc) is 2.04. The van der Waals surface area contributed by atoms with Crippen molar-refractivity contribution in [3.8, 4) is 0 Å². The minimum absolute atomic E-state index is 0.0706. The van der Waals surface area contributed by atoms with Crippen LogP contribution < -0.4 is 5.73 Å². The summed E-state index contributed by atoms with van der Waals surface area (Å²) in [6.07, 6.45) is 4.78. The van der Waals surface area contributed by atoms with Crippen LogP contribution in [0.25, 0.3) is 0 Å². The van der Waals surface area contributed by atoms with E-state index in [1.807, 2.05) is 12.2 Å². The van der Waals surface area contributed by atoms with Gasteiger partial charge in [0.05, 0.1) is 0 Å². The zero-order valence-electron chi connectivity index (χ0n) is 7.23. The number of rotatable bonds is 2. The highest BCUT2D eigenvalue weighted by atomic mass is 16.3. The SMILES string of the molecule is CC1C=CC(C(O)C(N)=O)CC1. The summed E-state index contributed by atoms with van der Waals surface area (Å²) in [4.78, 5) is 10.6. The largest absolute Gasteiger partial charge is 0.383 e. The number of aliphatic hydroxyl groups excluding tert-OH is 1. The molecule has 1 amide bonds. The van der Waals surface area contributed by atoms with Gasteiger partial charge in [0, 0.05) is 5.92 Å². The molecule has 0 saturated carbocycles. The molecule has 3 atom stereocenters. The second-order valence-corrected chi connectivity index (χ2v) is 3.45. The maximum absolute atomic E-state index is 10.6. The molecule has 0 aliphatic heterocycles. The van der Waals surface area contributed by atoms with E-state index in [1.165, 1.54) is 0 Å². The number of carbonyl (C=O) groups excluding carboxylic acids is 1. The van der Waals surface area contributed by atoms with Crippen molar-refractivity contribution >= 4 is 5.91 Å². The van der Waals surface area contributed by atoms with E-state index in [9.17, 15) is 9.90 Å². The van der Waals surface area contributed by atoms with Crippen LogP contribution in [0.15, 0.2) is 12.2 Å². The predicted molar refractivity (Wildman–Crippen MR) is 46.2 cm³/mol. The van der Waals surface area contributed by atoms with Gasteiger partial charge in [-0.15, -0.1) is 0 Å². The summed E-state index contributed by atoms with van der Waals surface area (Å²) >= 11 is 0. The summed E-state index contributed by atoms with van der Waals surface area (Å²) in [5, 5.41) is 9.31. The fraction of sp³-hybridized carbons (Fsp3) is 0.667. The first-order chi connectivity index (χ1) is 5.61. The van der Waals surface area contributed by atoms with Gasteiger partial charge in [-0.2, -0.15) is 0 Å². The molecule has 12 heavy (non-hydrogen) atoms. The van der Waals surface area contributed by atoms with Crippen LogP contribution in [0.2, 0.25) is 0 Å². The van der Waals surface area contributed by atoms with Gasteiger partial charge >= 0.3 is 0 Å². The maximum Gasteiger partial charge on any atom is 0.246 e. The van der Waals surface area contributed by atoms with Crippen LogP contribution in [-0.2, 0) is 4.79 Å². The maximum atomic E-state index is 10.6. The molecule has 0 radical (unpaired) electrons. The van der Waals surface area contributed by atoms with E-state index in [-0.39, 0.29) is 5.92 Å². The van der Waals surface area contributed by atoms with Crippen molar-refractivity contribution in [3.63, 3.8) is 0 Å². The first-order valence-corrected chi connectivity index (χ1v) is 4.27. The Hall–Kier alpha value is -0.830. The third kappa shape index (κ3) is 2.08. The summed E-state index contributed by atoms with van der Waals surface area (Å²) in [5.41, 5.74) is 4.98. The summed E-state index contributed by atoms with van der Waals surface area (Å²) in [5.74, 6) is -0.140. The van der Waals surface area contributed by atoms with Gasteiger partial charge in [-0.3, -0.25) is 4.79 Å². The van der Waals surface area contributed by atoms with Crippen LogP contribution >= 0.6 is 0 Å². The van der Waals surface area contributed by atoms with Crippen LogP contribution in [0.1, 0.15) is 19.8 Å². The van der Waals surface area contributed by atoms with Gasteiger partial charge < -0.3 is 10.8 Å². The zero-order chi connectivity index (χ0) is 9.14. The number of nitrogens with two attached hydrogens (primary N) is 1. The van der Waals surface area contributed by atoms with Gasteiger partial charge in [-0.1, -0.05) is 19.1 Å². The molecule has 3 heteroatoms. The van der Waals surface area contributed by atoms with Crippen LogP contribution in [0, 0.1) is 11.8 Å². The van der Waals surface area contributed by atoms with Crippen molar-refractivity contribution < 1.29 is 9.90 Å². The lowest BCUT2D eigenvalue weighted by atomic mass is 9.86. The molecule has 0 fully saturated rings. The van der Waals surface area contributed by atoms with Crippen molar-refractivity contribution in [2.75, 3.05) is 0 Å². The van der Waals surface area contributed by atoms with Crippen LogP contribution in [0.5, 0.6) is 0 Å². The third-order valence-electron chi connectivity index (χ3n) is 2.34. The molecule has 1 rings (SSSR count). The molecule has 0 aromatic heterocycles. The van der Waals surface area contributed by atoms with Gasteiger partial charge in [-0.25, -0.2) is 0 Å². The summed E-state index contributed by atoms with van der Waals surface area (Å²) < 4.78 is 0. The molecule has 0 saturated heterocycles. The lowest BCUT2D eigenvalue weighted by Crippen LogP contribution is -2.35. The van der Waals surface area contributed by atoms with Gasteiger partial charge in [0.15, 0.2) is 0 Å². The Labute approximate surface area is 72.3 Å². The molecule has 0 aromatic rings. The fourth-order valence-electron chi connectivity index (χ4n) is 1.45. The van der Waals surface area contributed by atoms with Crippen molar-refractivity contribution in [2.45, 2.75) is 25.9 Å². The summed E-state index contributed by atoms with van der Waals surface area (Å²) in [6, 6.07) is 0. The Balaban J connectivity index is 2.54. The fourth-order valence-corrected chi connectivity index (χ4v) is 1.45. The number of hydrogen-bond acceptors (Lipinski definition) is 2. The predicted octanol–water partition coefficient (Wildman–Crippen LogP) is 0.435. The second kappa shape index (κ2) is 3.72. The highest BCUT2D eigenvalue weighted by Crippen LogP contribution is 2.23. The normalized spacial score (nSPS) is 31.5. The van der Waals surface area contributed by atoms with E-state index in [0.717, 1.165) is 12.8 Å². The molecule has 3 unspecified atom stereocenters. The lowest BCUT2D eigenvalue weighted by Gasteiger charge is -2.22. The van der Waals surface area contributed by atoms with E-state index < -0.39 is 12.0 Å². The number of amides is 1. The Morgan fingerprint density at radius 2 is 2.25 bits per heavy atom. The first kappa shape index (κ1) is 9.26. The van der Waals surface area contributed by atoms with E-state index >= 15 is 0 Å². The Bertz CT molecular complexity index is 201. The van der Waals surface area contributed by atoms with Crippen LogP contribution in [0.4, 0.5) is 0 Å². The monoisotopic (exact) mass is 169 g/mol. The summed E-state index contributed by atoms with van der Waals surface area (Å²) in [6.45, 7) is 2.11. The molecule has 3 nitrogen and oxygen atoms in total. The molecular formula is C9H15NO2. The molecule has 3 N–H and O–H groups in total. The average molecular weight is 169 g/mol. The van der Waals surface area contributed by atoms with Gasteiger partial charge in [0.1, 0.15) is 6.10 Å². The number of carbonyl (C=O) groups is 1. The number of allylic oxidation sites excluding steroid dienone is 1. The molecule has 1 aliphatic carbocycles. The Morgan fingerprint density at radius 3 is 2.67 bits per heavy atom. The number of primary amides is 1. The minimum Gasteiger partial charge on any atom is -0.383 e. The Morgan fingerprint density at radius 1 is 1.58 bits per heavy atom. The molecule has 0 heterocycles. The van der Waals surface area contributed by atoms with E-state index in [1.54, 1.807) is 0 Å². The first-order valence-electron chi connectivity index (χ1n) is 4.27. The lowest BCUT2D eigenvalue weighted by molar-refractivity contribution is -0.128. The topological polar surface area (TPSA) is 63.3 Å². The highest BCUT2D eigenvalue weighted by Gasteiger charge is 2.24. The van der Waals surface area contributed by atoms with E-state index in [4.69, 9.17) is 5.73 Å². The van der Waals surface area contributed by atoms with Crippen molar-refractivity contribution in [2.24, 2.45) is 17.6 Å². The Kier molecular flexibility index (Phi) is 2.87. The van der Waals surface area contributed by atoms with Crippen LogP contribution in [-0.4, -0.2) is 17.1 Å². The zero-order valence-corrected chi connectivity index (χ0v) is 7.23. The van der Waals surface area contributed by atoms with Crippen LogP contribution in [0.3, 0.4) is 0 Å². The van der Waals surface area contributed by atoms with Gasteiger partial charge in [0.25, 0.3) is 0 Å². The van der Waals surface area contributed by atoms with Crippen molar-refractivity contribution in [1.29, 1.82) is 0 Å². The third-order valence-corrected chi connectivity index (χ3v) is 2.34. The van der Waals surface area contributed by atoms with E-state index in [0.29, 0.717) is 5.92 Å². The van der Waals surface area contributed by atoms with E-state index in [2.05, 4.69) is 6.92 Å². The molecule has 0 aromatic carbocycles. The highest BCUT2D eigenvalue weighted by molar-refractivity contribution is 5.79. The smallest absolute Gasteiger partial charge is 0.246 e.